The van der Waals surface area contributed by atoms with E-state index in [2.05, 4.69) is 10.2 Å². The molecule has 0 amide bonds. The van der Waals surface area contributed by atoms with Gasteiger partial charge in [-0.3, -0.25) is 9.69 Å². The molecule has 5 rings (SSSR count). The number of hydrogen-bond acceptors (Lipinski definition) is 8. The molecule has 0 aromatic heterocycles. The van der Waals surface area contributed by atoms with E-state index in [4.69, 9.17) is 14.2 Å². The molecule has 1 saturated heterocycles. The lowest BCUT2D eigenvalue weighted by molar-refractivity contribution is -0.143. The zero-order chi connectivity index (χ0) is 28.1. The van der Waals surface area contributed by atoms with Gasteiger partial charge in [-0.15, -0.1) is 0 Å². The quantitative estimate of drug-likeness (QED) is 0.317. The number of nitrogens with zero attached hydrogens (tertiary/aromatic N) is 1. The molecule has 0 saturated carbocycles. The van der Waals surface area contributed by atoms with E-state index in [1.807, 2.05) is 42.5 Å². The Morgan fingerprint density at radius 1 is 1.00 bits per heavy atom. The van der Waals surface area contributed by atoms with Crippen molar-refractivity contribution in [1.82, 2.24) is 10.2 Å². The normalized spacial score (nSPS) is 20.5. The van der Waals surface area contributed by atoms with Crippen LogP contribution in [0.15, 0.2) is 77.7 Å². The van der Waals surface area contributed by atoms with Gasteiger partial charge in [0.05, 0.1) is 23.7 Å². The summed E-state index contributed by atoms with van der Waals surface area (Å²) >= 11 is 0. The minimum Gasteiger partial charge on any atom is -0.497 e. The number of sulfone groups is 1. The van der Waals surface area contributed by atoms with Crippen LogP contribution in [-0.4, -0.2) is 70.2 Å². The molecule has 2 heterocycles. The highest BCUT2D eigenvalue weighted by Crippen LogP contribution is 2.47. The van der Waals surface area contributed by atoms with Crippen molar-refractivity contribution >= 4 is 15.8 Å². The smallest absolute Gasteiger partial charge is 0.309 e. The van der Waals surface area contributed by atoms with Gasteiger partial charge in [0.25, 0.3) is 0 Å². The molecule has 3 atom stereocenters. The Morgan fingerprint density at radius 2 is 1.73 bits per heavy atom. The third kappa shape index (κ3) is 6.09. The van der Waals surface area contributed by atoms with Crippen LogP contribution in [0.1, 0.15) is 29.5 Å². The van der Waals surface area contributed by atoms with Crippen LogP contribution in [0.3, 0.4) is 0 Å². The number of fused-ring (bicyclic) bond motifs is 1. The second kappa shape index (κ2) is 12.3. The fraction of sp³-hybridized carbons (Fsp3) is 0.367. The van der Waals surface area contributed by atoms with Crippen molar-refractivity contribution in [2.75, 3.05) is 45.8 Å². The molecular formula is C30H34N2O7S. The number of carbonyl (C=O) groups is 1. The average Bonchev–Trinajstić information content (AvgIpc) is 3.60. The Kier molecular flexibility index (Phi) is 8.58. The summed E-state index contributed by atoms with van der Waals surface area (Å²) in [5.41, 5.74) is 1.81. The van der Waals surface area contributed by atoms with Crippen LogP contribution in [0.25, 0.3) is 0 Å². The zero-order valence-corrected chi connectivity index (χ0v) is 23.2. The topological polar surface area (TPSA) is 114 Å². The van der Waals surface area contributed by atoms with E-state index < -0.39 is 21.7 Å². The van der Waals surface area contributed by atoms with Gasteiger partial charge in [-0.25, -0.2) is 8.42 Å². The number of benzene rings is 3. The molecule has 2 aliphatic rings. The van der Waals surface area contributed by atoms with Gasteiger partial charge in [0.1, 0.15) is 5.75 Å². The predicted octanol–water partition coefficient (Wildman–Crippen LogP) is 3.72. The lowest BCUT2D eigenvalue weighted by atomic mass is 9.82. The summed E-state index contributed by atoms with van der Waals surface area (Å²) in [6.07, 6.45) is 0.483. The summed E-state index contributed by atoms with van der Waals surface area (Å²) in [5.74, 6) is 0.281. The Bertz CT molecular complexity index is 1410. The third-order valence-corrected chi connectivity index (χ3v) is 9.43. The molecule has 1 fully saturated rings. The molecule has 0 unspecified atom stereocenters. The summed E-state index contributed by atoms with van der Waals surface area (Å²) in [6, 6.07) is 21.3. The number of likely N-dealkylation sites (tertiary alicyclic amines) is 1. The molecule has 0 radical (unpaired) electrons. The molecule has 3 aromatic rings. The predicted molar refractivity (Wildman–Crippen MR) is 150 cm³/mol. The van der Waals surface area contributed by atoms with Crippen LogP contribution in [-0.2, 0) is 14.6 Å². The molecule has 0 bridgehead atoms. The number of aliphatic carboxylic acids is 1. The van der Waals surface area contributed by atoms with Gasteiger partial charge < -0.3 is 24.6 Å². The molecule has 212 valence electrons. The maximum atomic E-state index is 12.7. The Morgan fingerprint density at radius 3 is 2.45 bits per heavy atom. The fourth-order valence-corrected chi connectivity index (χ4v) is 6.95. The van der Waals surface area contributed by atoms with Crippen LogP contribution >= 0.6 is 0 Å². The molecule has 10 heteroatoms. The molecule has 0 spiro atoms. The van der Waals surface area contributed by atoms with Gasteiger partial charge in [-0.05, 0) is 60.5 Å². The first kappa shape index (κ1) is 27.9. The lowest BCUT2D eigenvalue weighted by Gasteiger charge is -2.27. The van der Waals surface area contributed by atoms with Crippen LogP contribution < -0.4 is 19.5 Å². The first-order chi connectivity index (χ1) is 19.4. The molecule has 2 aliphatic heterocycles. The number of nitrogens with one attached hydrogen (secondary N) is 1. The molecule has 2 N–H and O–H groups in total. The van der Waals surface area contributed by atoms with E-state index in [0.29, 0.717) is 54.7 Å². The first-order valence-corrected chi connectivity index (χ1v) is 15.0. The van der Waals surface area contributed by atoms with Crippen molar-refractivity contribution < 1.29 is 32.5 Å². The van der Waals surface area contributed by atoms with Gasteiger partial charge >= 0.3 is 5.97 Å². The van der Waals surface area contributed by atoms with Crippen LogP contribution in [0.2, 0.25) is 0 Å². The average molecular weight is 567 g/mol. The van der Waals surface area contributed by atoms with Crippen molar-refractivity contribution in [2.24, 2.45) is 5.92 Å². The number of hydrogen-bond donors (Lipinski definition) is 2. The van der Waals surface area contributed by atoms with Gasteiger partial charge in [0.2, 0.25) is 6.79 Å². The van der Waals surface area contributed by atoms with E-state index in [1.165, 1.54) is 0 Å². The SMILES string of the molecule is COc1ccc([C@@H]2[C@@H](C(=O)O)[C@@H](c3ccc4c(c3)OCO4)CN2CCNCCCS(=O)(=O)c2ccccc2)cc1. The van der Waals surface area contributed by atoms with Crippen molar-refractivity contribution in [1.29, 1.82) is 0 Å². The van der Waals surface area contributed by atoms with Crippen molar-refractivity contribution in [3.63, 3.8) is 0 Å². The minimum atomic E-state index is -3.32. The monoisotopic (exact) mass is 566 g/mol. The standard InChI is InChI=1S/C30H34N2O7S/c1-37-23-11-8-21(9-12-23)29-28(30(33)34)25(22-10-13-26-27(18-22)39-20-38-26)19-32(29)16-15-31-14-5-17-40(35,36)24-6-3-2-4-7-24/h2-4,6-13,18,25,28-29,31H,5,14-17,19-20H2,1H3,(H,33,34)/t25-,28+,29-/m1/s1. The van der Waals surface area contributed by atoms with Gasteiger partial charge in [-0.2, -0.15) is 0 Å². The van der Waals surface area contributed by atoms with Crippen LogP contribution in [0, 0.1) is 5.92 Å². The van der Waals surface area contributed by atoms with E-state index in [-0.39, 0.29) is 24.5 Å². The molecule has 0 aliphatic carbocycles. The van der Waals surface area contributed by atoms with Gasteiger partial charge in [-0.1, -0.05) is 36.4 Å². The molecule has 3 aromatic carbocycles. The highest BCUT2D eigenvalue weighted by atomic mass is 32.2. The fourth-order valence-electron chi connectivity index (χ4n) is 5.62. The summed E-state index contributed by atoms with van der Waals surface area (Å²) < 4.78 is 41.4. The summed E-state index contributed by atoms with van der Waals surface area (Å²) in [5, 5.41) is 13.8. The summed E-state index contributed by atoms with van der Waals surface area (Å²) in [4.78, 5) is 15.3. The van der Waals surface area contributed by atoms with E-state index in [9.17, 15) is 18.3 Å². The minimum absolute atomic E-state index is 0.0650. The Balaban J connectivity index is 1.28. The molecule has 9 nitrogen and oxygen atoms in total. The van der Waals surface area contributed by atoms with Crippen molar-refractivity contribution in [3.8, 4) is 17.2 Å². The van der Waals surface area contributed by atoms with E-state index in [0.717, 1.165) is 11.1 Å². The number of methoxy groups -OCH3 is 1. The second-order valence-corrected chi connectivity index (χ2v) is 12.1. The lowest BCUT2D eigenvalue weighted by Crippen LogP contribution is -2.34. The highest BCUT2D eigenvalue weighted by molar-refractivity contribution is 7.91. The zero-order valence-electron chi connectivity index (χ0n) is 22.4. The molecule has 40 heavy (non-hydrogen) atoms. The second-order valence-electron chi connectivity index (χ2n) is 10.0. The number of carboxylic acid groups (broad SMARTS) is 1. The maximum Gasteiger partial charge on any atom is 0.309 e. The molecular weight excluding hydrogens is 532 g/mol. The van der Waals surface area contributed by atoms with E-state index in [1.54, 1.807) is 37.4 Å². The maximum absolute atomic E-state index is 12.7. The van der Waals surface area contributed by atoms with Gasteiger partial charge in [0, 0.05) is 31.6 Å². The van der Waals surface area contributed by atoms with Crippen molar-refractivity contribution in [3.05, 3.63) is 83.9 Å². The van der Waals surface area contributed by atoms with Crippen molar-refractivity contribution in [2.45, 2.75) is 23.3 Å². The van der Waals surface area contributed by atoms with Crippen LogP contribution in [0.5, 0.6) is 17.2 Å². The summed E-state index contributed by atoms with van der Waals surface area (Å²) in [7, 11) is -1.72. The van der Waals surface area contributed by atoms with Crippen LogP contribution in [0.4, 0.5) is 0 Å². The summed E-state index contributed by atoms with van der Waals surface area (Å²) in [6.45, 7) is 2.45. The third-order valence-electron chi connectivity index (χ3n) is 7.61. The number of rotatable bonds is 12. The number of carboxylic acids is 1. The van der Waals surface area contributed by atoms with Gasteiger partial charge in [0.15, 0.2) is 21.3 Å². The largest absolute Gasteiger partial charge is 0.497 e. The Hall–Kier alpha value is -3.60. The Labute approximate surface area is 234 Å². The first-order valence-electron chi connectivity index (χ1n) is 13.4. The highest BCUT2D eigenvalue weighted by Gasteiger charge is 2.47. The number of ether oxygens (including phenoxy) is 3. The van der Waals surface area contributed by atoms with E-state index >= 15 is 0 Å².